The van der Waals surface area contributed by atoms with Crippen LogP contribution in [0.15, 0.2) is 54.7 Å². The minimum Gasteiger partial charge on any atom is -0.361 e. The molecule has 19 heavy (non-hydrogen) atoms. The van der Waals surface area contributed by atoms with Crippen molar-refractivity contribution in [2.24, 2.45) is 0 Å². The van der Waals surface area contributed by atoms with Gasteiger partial charge in [-0.05, 0) is 29.7 Å². The van der Waals surface area contributed by atoms with Gasteiger partial charge in [-0.15, -0.1) is 0 Å². The van der Waals surface area contributed by atoms with Gasteiger partial charge in [-0.1, -0.05) is 54.9 Å². The quantitative estimate of drug-likeness (QED) is 0.658. The molecule has 0 aliphatic heterocycles. The highest BCUT2D eigenvalue weighted by Gasteiger charge is 2.17. The van der Waals surface area contributed by atoms with Gasteiger partial charge in [0.05, 0.1) is 5.02 Å². The molecule has 96 valence electrons. The van der Waals surface area contributed by atoms with Gasteiger partial charge in [0.1, 0.15) is 0 Å². The number of aromatic nitrogens is 1. The second-order valence-corrected chi connectivity index (χ2v) is 5.19. The SMILES string of the molecule is CCC(c1ccccc1)c1c[nH]c2cccc(Cl)c12. The largest absolute Gasteiger partial charge is 0.361 e. The van der Waals surface area contributed by atoms with Crippen LogP contribution in [0.3, 0.4) is 0 Å². The van der Waals surface area contributed by atoms with Crippen LogP contribution in [0.4, 0.5) is 0 Å². The summed E-state index contributed by atoms with van der Waals surface area (Å²) in [5.41, 5.74) is 3.73. The summed E-state index contributed by atoms with van der Waals surface area (Å²) in [6.07, 6.45) is 3.15. The van der Waals surface area contributed by atoms with Gasteiger partial charge in [-0.25, -0.2) is 0 Å². The predicted molar refractivity (Wildman–Crippen MR) is 81.9 cm³/mol. The first kappa shape index (κ1) is 12.3. The van der Waals surface area contributed by atoms with Crippen molar-refractivity contribution in [1.82, 2.24) is 4.98 Å². The smallest absolute Gasteiger partial charge is 0.0502 e. The molecule has 0 spiro atoms. The Balaban J connectivity index is 2.17. The van der Waals surface area contributed by atoms with E-state index in [9.17, 15) is 0 Å². The summed E-state index contributed by atoms with van der Waals surface area (Å²) in [7, 11) is 0. The van der Waals surface area contributed by atoms with Crippen LogP contribution in [-0.4, -0.2) is 4.98 Å². The van der Waals surface area contributed by atoms with Crippen LogP contribution in [0.1, 0.15) is 30.4 Å². The standard InChI is InChI=1S/C17H16ClN/c1-2-13(12-7-4-3-5-8-12)14-11-19-16-10-6-9-15(18)17(14)16/h3-11,13,19H,2H2,1H3. The maximum atomic E-state index is 6.37. The van der Waals surface area contributed by atoms with Crippen molar-refractivity contribution in [2.45, 2.75) is 19.3 Å². The number of rotatable bonds is 3. The van der Waals surface area contributed by atoms with Gasteiger partial charge in [-0.3, -0.25) is 0 Å². The number of hydrogen-bond donors (Lipinski definition) is 1. The van der Waals surface area contributed by atoms with Crippen LogP contribution in [0.5, 0.6) is 0 Å². The molecule has 1 aromatic heterocycles. The highest BCUT2D eigenvalue weighted by molar-refractivity contribution is 6.35. The molecule has 3 rings (SSSR count). The molecule has 3 aromatic rings. The predicted octanol–water partition coefficient (Wildman–Crippen LogP) is 5.36. The van der Waals surface area contributed by atoms with Gasteiger partial charge in [0.25, 0.3) is 0 Å². The molecule has 0 amide bonds. The zero-order valence-electron chi connectivity index (χ0n) is 10.9. The number of nitrogens with one attached hydrogen (secondary N) is 1. The molecule has 0 radical (unpaired) electrons. The van der Waals surface area contributed by atoms with Crippen LogP contribution in [0, 0.1) is 0 Å². The molecule has 2 aromatic carbocycles. The molecule has 2 heteroatoms. The van der Waals surface area contributed by atoms with Crippen LogP contribution < -0.4 is 0 Å². The fourth-order valence-corrected chi connectivity index (χ4v) is 3.04. The molecule has 1 N–H and O–H groups in total. The summed E-state index contributed by atoms with van der Waals surface area (Å²) >= 11 is 6.37. The molecular weight excluding hydrogens is 254 g/mol. The van der Waals surface area contributed by atoms with Crippen molar-refractivity contribution in [3.8, 4) is 0 Å². The normalized spacial score (nSPS) is 12.7. The summed E-state index contributed by atoms with van der Waals surface area (Å²) in [5.74, 6) is 0.384. The Morgan fingerprint density at radius 2 is 1.84 bits per heavy atom. The monoisotopic (exact) mass is 269 g/mol. The van der Waals surface area contributed by atoms with Crippen molar-refractivity contribution in [3.63, 3.8) is 0 Å². The third-order valence-corrected chi connectivity index (χ3v) is 3.99. The lowest BCUT2D eigenvalue weighted by Gasteiger charge is -2.15. The highest BCUT2D eigenvalue weighted by atomic mass is 35.5. The van der Waals surface area contributed by atoms with Crippen molar-refractivity contribution < 1.29 is 0 Å². The van der Waals surface area contributed by atoms with Crippen LogP contribution in [0.25, 0.3) is 10.9 Å². The van der Waals surface area contributed by atoms with Gasteiger partial charge < -0.3 is 4.98 Å². The van der Waals surface area contributed by atoms with Gasteiger partial charge in [0.2, 0.25) is 0 Å². The van der Waals surface area contributed by atoms with Gasteiger partial charge >= 0.3 is 0 Å². The second kappa shape index (κ2) is 5.10. The van der Waals surface area contributed by atoms with Gasteiger partial charge in [-0.2, -0.15) is 0 Å². The molecule has 1 unspecified atom stereocenters. The van der Waals surface area contributed by atoms with Crippen molar-refractivity contribution in [1.29, 1.82) is 0 Å². The fraction of sp³-hybridized carbons (Fsp3) is 0.176. The number of hydrogen-bond acceptors (Lipinski definition) is 0. The van der Waals surface area contributed by atoms with E-state index in [0.717, 1.165) is 22.3 Å². The average molecular weight is 270 g/mol. The lowest BCUT2D eigenvalue weighted by atomic mass is 9.89. The molecule has 0 aliphatic rings. The number of H-pyrrole nitrogens is 1. The number of aromatic amines is 1. The van der Waals surface area contributed by atoms with Gasteiger partial charge in [0.15, 0.2) is 0 Å². The second-order valence-electron chi connectivity index (χ2n) is 4.78. The molecule has 1 heterocycles. The Hall–Kier alpha value is -1.73. The lowest BCUT2D eigenvalue weighted by Crippen LogP contribution is -1.98. The minimum absolute atomic E-state index is 0.384. The minimum atomic E-state index is 0.384. The van der Waals surface area contributed by atoms with E-state index in [4.69, 9.17) is 11.6 Å². The number of halogens is 1. The Morgan fingerprint density at radius 3 is 2.58 bits per heavy atom. The third-order valence-electron chi connectivity index (χ3n) is 3.67. The Morgan fingerprint density at radius 1 is 1.05 bits per heavy atom. The van der Waals surface area contributed by atoms with Crippen molar-refractivity contribution in [2.75, 3.05) is 0 Å². The van der Waals surface area contributed by atoms with E-state index in [1.807, 2.05) is 12.1 Å². The van der Waals surface area contributed by atoms with Gasteiger partial charge in [0, 0.05) is 23.0 Å². The molecule has 0 fully saturated rings. The summed E-state index contributed by atoms with van der Waals surface area (Å²) in [6.45, 7) is 2.22. The van der Waals surface area contributed by atoms with Crippen LogP contribution in [-0.2, 0) is 0 Å². The lowest BCUT2D eigenvalue weighted by molar-refractivity contribution is 0.783. The first-order valence-corrected chi connectivity index (χ1v) is 6.99. The third kappa shape index (κ3) is 2.15. The van der Waals surface area contributed by atoms with Crippen LogP contribution in [0.2, 0.25) is 5.02 Å². The summed E-state index contributed by atoms with van der Waals surface area (Å²) in [4.78, 5) is 3.33. The molecule has 0 aliphatic carbocycles. The van der Waals surface area contributed by atoms with Crippen molar-refractivity contribution >= 4 is 22.5 Å². The maximum absolute atomic E-state index is 6.37. The summed E-state index contributed by atoms with van der Waals surface area (Å²) in [6, 6.07) is 16.6. The Labute approximate surface area is 118 Å². The molecule has 0 saturated carbocycles. The number of fused-ring (bicyclic) bond motifs is 1. The molecule has 1 atom stereocenters. The fourth-order valence-electron chi connectivity index (χ4n) is 2.76. The van der Waals surface area contributed by atoms with Crippen molar-refractivity contribution in [3.05, 3.63) is 70.9 Å². The first-order valence-electron chi connectivity index (χ1n) is 6.61. The number of benzene rings is 2. The topological polar surface area (TPSA) is 15.8 Å². The average Bonchev–Trinajstić information content (AvgIpc) is 2.86. The maximum Gasteiger partial charge on any atom is 0.0502 e. The van der Waals surface area contributed by atoms with E-state index >= 15 is 0 Å². The molecule has 1 nitrogen and oxygen atoms in total. The van der Waals surface area contributed by atoms with Crippen LogP contribution >= 0.6 is 11.6 Å². The van der Waals surface area contributed by atoms with E-state index in [1.165, 1.54) is 11.1 Å². The molecular formula is C17H16ClN. The van der Waals surface area contributed by atoms with E-state index in [2.05, 4.69) is 54.5 Å². The zero-order chi connectivity index (χ0) is 13.2. The summed E-state index contributed by atoms with van der Waals surface area (Å²) < 4.78 is 0. The zero-order valence-corrected chi connectivity index (χ0v) is 11.6. The molecule has 0 bridgehead atoms. The Bertz CT molecular complexity index is 685. The van der Waals surface area contributed by atoms with E-state index < -0.39 is 0 Å². The van der Waals surface area contributed by atoms with E-state index in [-0.39, 0.29) is 0 Å². The Kier molecular flexibility index (Phi) is 3.31. The van der Waals surface area contributed by atoms with E-state index in [0.29, 0.717) is 5.92 Å². The molecule has 0 saturated heterocycles. The first-order chi connectivity index (χ1) is 9.31. The summed E-state index contributed by atoms with van der Waals surface area (Å²) in [5, 5.41) is 1.98. The highest BCUT2D eigenvalue weighted by Crippen LogP contribution is 2.36. The van der Waals surface area contributed by atoms with E-state index in [1.54, 1.807) is 0 Å².